The smallest absolute Gasteiger partial charge is 0.269 e. The van der Waals surface area contributed by atoms with E-state index in [4.69, 9.17) is 5.73 Å². The maximum Gasteiger partial charge on any atom is 0.269 e. The molecule has 0 radical (unpaired) electrons. The number of hydrogen-bond donors (Lipinski definition) is 4. The molecule has 104 valence electrons. The van der Waals surface area contributed by atoms with Gasteiger partial charge in [-0.05, 0) is 19.1 Å². The molecule has 1 aromatic heterocycles. The minimum atomic E-state index is -0.269. The highest BCUT2D eigenvalue weighted by Crippen LogP contribution is 2.20. The van der Waals surface area contributed by atoms with E-state index in [-0.39, 0.29) is 5.91 Å². The van der Waals surface area contributed by atoms with Gasteiger partial charge in [0.25, 0.3) is 5.91 Å². The van der Waals surface area contributed by atoms with Crippen molar-refractivity contribution in [3.05, 3.63) is 41.7 Å². The fourth-order valence-electron chi connectivity index (χ4n) is 1.59. The van der Waals surface area contributed by atoms with Crippen LogP contribution in [-0.2, 0) is 0 Å². The Labute approximate surface area is 116 Å². The maximum atomic E-state index is 11.9. The largest absolute Gasteiger partial charge is 0.393 e. The average molecular weight is 272 g/mol. The number of aromatic nitrogens is 2. The van der Waals surface area contributed by atoms with Gasteiger partial charge in [-0.1, -0.05) is 17.7 Å². The Morgan fingerprint density at radius 2 is 1.80 bits per heavy atom. The minimum absolute atomic E-state index is 0.269. The van der Waals surface area contributed by atoms with Crippen LogP contribution in [0, 0.1) is 6.92 Å². The molecule has 2 rings (SSSR count). The van der Waals surface area contributed by atoms with Crippen molar-refractivity contribution in [1.29, 1.82) is 0 Å². The Hall–Kier alpha value is -2.83. The summed E-state index contributed by atoms with van der Waals surface area (Å²) in [6, 6.07) is 7.23. The summed E-state index contributed by atoms with van der Waals surface area (Å²) in [6.45, 7) is 1.96. The average Bonchev–Trinajstić information content (AvgIpc) is 2.46. The summed E-state index contributed by atoms with van der Waals surface area (Å²) < 4.78 is 0. The van der Waals surface area contributed by atoms with Gasteiger partial charge >= 0.3 is 0 Å². The van der Waals surface area contributed by atoms with Crippen molar-refractivity contribution in [1.82, 2.24) is 15.4 Å². The molecule has 0 saturated carbocycles. The van der Waals surface area contributed by atoms with Gasteiger partial charge in [0.15, 0.2) is 11.6 Å². The minimum Gasteiger partial charge on any atom is -0.393 e. The molecule has 0 spiro atoms. The van der Waals surface area contributed by atoms with Crippen LogP contribution in [0.5, 0.6) is 0 Å². The molecule has 0 atom stereocenters. The first kappa shape index (κ1) is 13.6. The van der Waals surface area contributed by atoms with Gasteiger partial charge in [-0.3, -0.25) is 15.6 Å². The highest BCUT2D eigenvalue weighted by Gasteiger charge is 2.08. The summed E-state index contributed by atoms with van der Waals surface area (Å²) in [7, 11) is 1.70. The first-order valence-electron chi connectivity index (χ1n) is 6.03. The number of carbonyl (C=O) groups is 1. The lowest BCUT2D eigenvalue weighted by atomic mass is 10.1. The van der Waals surface area contributed by atoms with Crippen LogP contribution in [0.2, 0.25) is 0 Å². The van der Waals surface area contributed by atoms with Crippen molar-refractivity contribution in [2.24, 2.45) is 0 Å². The number of amides is 1. The Morgan fingerprint density at radius 1 is 1.15 bits per heavy atom. The zero-order valence-electron chi connectivity index (χ0n) is 11.3. The topological polar surface area (TPSA) is 105 Å². The third-order valence-corrected chi connectivity index (χ3v) is 2.73. The summed E-state index contributed by atoms with van der Waals surface area (Å²) in [5.74, 6) is 0.561. The Kier molecular flexibility index (Phi) is 3.99. The molecule has 0 saturated heterocycles. The first-order chi connectivity index (χ1) is 9.61. The monoisotopic (exact) mass is 272 g/mol. The van der Waals surface area contributed by atoms with Gasteiger partial charge < -0.3 is 11.1 Å². The lowest BCUT2D eigenvalue weighted by Gasteiger charge is -2.11. The molecule has 1 heterocycles. The van der Waals surface area contributed by atoms with Gasteiger partial charge in [0.1, 0.15) is 12.0 Å². The number of benzene rings is 1. The molecule has 20 heavy (non-hydrogen) atoms. The summed E-state index contributed by atoms with van der Waals surface area (Å²) in [5, 5.41) is 2.83. The maximum absolute atomic E-state index is 11.9. The summed E-state index contributed by atoms with van der Waals surface area (Å²) in [5.41, 5.74) is 13.0. The van der Waals surface area contributed by atoms with E-state index in [9.17, 15) is 4.79 Å². The van der Waals surface area contributed by atoms with Gasteiger partial charge in [0, 0.05) is 12.6 Å². The number of aryl methyl sites for hydroxylation is 1. The van der Waals surface area contributed by atoms with Crippen LogP contribution in [0.25, 0.3) is 0 Å². The van der Waals surface area contributed by atoms with Crippen molar-refractivity contribution in [3.8, 4) is 0 Å². The standard InChI is InChI=1S/C13H16N6O/c1-8-3-5-9(6-4-8)13(20)19-18-12-10(14)11(15-2)16-7-17-12/h3-7H,14H2,1-2H3,(H,19,20)(H2,15,16,17,18). The molecule has 1 aromatic carbocycles. The van der Waals surface area contributed by atoms with Gasteiger partial charge in [0.2, 0.25) is 0 Å². The number of nitrogens with one attached hydrogen (secondary N) is 3. The van der Waals surface area contributed by atoms with Crippen molar-refractivity contribution in [3.63, 3.8) is 0 Å². The molecule has 7 nitrogen and oxygen atoms in total. The second kappa shape index (κ2) is 5.87. The predicted molar refractivity (Wildman–Crippen MR) is 78.3 cm³/mol. The highest BCUT2D eigenvalue weighted by molar-refractivity contribution is 5.95. The normalized spacial score (nSPS) is 9.90. The van der Waals surface area contributed by atoms with Crippen LogP contribution in [0.15, 0.2) is 30.6 Å². The molecule has 0 aliphatic carbocycles. The molecule has 0 bridgehead atoms. The summed E-state index contributed by atoms with van der Waals surface area (Å²) in [4.78, 5) is 19.8. The zero-order valence-corrected chi connectivity index (χ0v) is 11.3. The molecule has 0 aliphatic heterocycles. The molecule has 1 amide bonds. The number of rotatable bonds is 4. The lowest BCUT2D eigenvalue weighted by Crippen LogP contribution is -2.30. The van der Waals surface area contributed by atoms with Crippen molar-refractivity contribution in [2.45, 2.75) is 6.92 Å². The molecule has 7 heteroatoms. The summed E-state index contributed by atoms with van der Waals surface area (Å²) in [6.07, 6.45) is 1.35. The molecule has 0 unspecified atom stereocenters. The number of hydrazine groups is 1. The van der Waals surface area contributed by atoms with Gasteiger partial charge in [0.05, 0.1) is 0 Å². The van der Waals surface area contributed by atoms with Crippen LogP contribution >= 0.6 is 0 Å². The Balaban J connectivity index is 2.05. The predicted octanol–water partition coefficient (Wildman–Crippen LogP) is 1.17. The van der Waals surface area contributed by atoms with Gasteiger partial charge in [-0.2, -0.15) is 0 Å². The van der Waals surface area contributed by atoms with Crippen molar-refractivity contribution >= 4 is 23.2 Å². The fourth-order valence-corrected chi connectivity index (χ4v) is 1.59. The third-order valence-electron chi connectivity index (χ3n) is 2.73. The second-order valence-electron chi connectivity index (χ2n) is 4.18. The molecular formula is C13H16N6O. The van der Waals surface area contributed by atoms with Crippen molar-refractivity contribution < 1.29 is 4.79 Å². The van der Waals surface area contributed by atoms with Gasteiger partial charge in [-0.25, -0.2) is 9.97 Å². The molecule has 0 fully saturated rings. The zero-order chi connectivity index (χ0) is 14.5. The van der Waals surface area contributed by atoms with Crippen LogP contribution in [0.4, 0.5) is 17.3 Å². The lowest BCUT2D eigenvalue weighted by molar-refractivity contribution is 0.0962. The first-order valence-corrected chi connectivity index (χ1v) is 6.03. The third kappa shape index (κ3) is 2.94. The Bertz CT molecular complexity index is 611. The quantitative estimate of drug-likeness (QED) is 0.623. The SMILES string of the molecule is CNc1ncnc(NNC(=O)c2ccc(C)cc2)c1N. The van der Waals surface area contributed by atoms with Crippen LogP contribution in [-0.4, -0.2) is 22.9 Å². The van der Waals surface area contributed by atoms with E-state index in [0.29, 0.717) is 22.9 Å². The number of hydrogen-bond acceptors (Lipinski definition) is 6. The number of nitrogens with two attached hydrogens (primary N) is 1. The van der Waals surface area contributed by atoms with E-state index < -0.39 is 0 Å². The van der Waals surface area contributed by atoms with Crippen molar-refractivity contribution in [2.75, 3.05) is 23.5 Å². The molecule has 5 N–H and O–H groups in total. The van der Waals surface area contributed by atoms with Gasteiger partial charge in [-0.15, -0.1) is 0 Å². The van der Waals surface area contributed by atoms with E-state index in [1.54, 1.807) is 19.2 Å². The van der Waals surface area contributed by atoms with Crippen LogP contribution in [0.1, 0.15) is 15.9 Å². The number of nitrogen functional groups attached to an aromatic ring is 1. The Morgan fingerprint density at radius 3 is 2.45 bits per heavy atom. The molecular weight excluding hydrogens is 256 g/mol. The number of carbonyl (C=O) groups excluding carboxylic acids is 1. The molecule has 2 aromatic rings. The molecule has 0 aliphatic rings. The second-order valence-corrected chi connectivity index (χ2v) is 4.18. The number of nitrogens with zero attached hydrogens (tertiary/aromatic N) is 2. The van der Waals surface area contributed by atoms with E-state index in [1.165, 1.54) is 6.33 Å². The van der Waals surface area contributed by atoms with E-state index in [0.717, 1.165) is 5.56 Å². The number of anilines is 3. The van der Waals surface area contributed by atoms with E-state index in [2.05, 4.69) is 26.1 Å². The highest BCUT2D eigenvalue weighted by atomic mass is 16.2. The van der Waals surface area contributed by atoms with Crippen LogP contribution in [0.3, 0.4) is 0 Å². The van der Waals surface area contributed by atoms with E-state index in [1.807, 2.05) is 19.1 Å². The summed E-state index contributed by atoms with van der Waals surface area (Å²) >= 11 is 0. The van der Waals surface area contributed by atoms with E-state index >= 15 is 0 Å². The fraction of sp³-hybridized carbons (Fsp3) is 0.154. The van der Waals surface area contributed by atoms with Crippen LogP contribution < -0.4 is 21.9 Å².